The summed E-state index contributed by atoms with van der Waals surface area (Å²) in [6.45, 7) is 0.0407. The van der Waals surface area contributed by atoms with Gasteiger partial charge in [0.05, 0.1) is 24.0 Å². The predicted octanol–water partition coefficient (Wildman–Crippen LogP) is 5.14. The maximum atomic E-state index is 13.8. The van der Waals surface area contributed by atoms with Gasteiger partial charge in [-0.05, 0) is 35.4 Å². The van der Waals surface area contributed by atoms with Crippen molar-refractivity contribution < 1.29 is 13.2 Å². The van der Waals surface area contributed by atoms with Gasteiger partial charge in [-0.1, -0.05) is 18.2 Å². The number of fused-ring (bicyclic) bond motifs is 1. The first-order valence-electron chi connectivity index (χ1n) is 8.14. The van der Waals surface area contributed by atoms with E-state index in [-0.39, 0.29) is 30.5 Å². The summed E-state index contributed by atoms with van der Waals surface area (Å²) in [6.07, 6.45) is 2.36. The number of pyridine rings is 1. The summed E-state index contributed by atoms with van der Waals surface area (Å²) in [4.78, 5) is 12.2. The third kappa shape index (κ3) is 4.04. The largest absolute Gasteiger partial charge is 0.364 e. The minimum absolute atomic E-state index is 0. The lowest BCUT2D eigenvalue weighted by atomic mass is 10.0. The molecule has 0 spiro atoms. The molecule has 4 aromatic rings. The molecule has 8 heteroatoms. The molecule has 2 aromatic heterocycles. The molecule has 0 fully saturated rings. The van der Waals surface area contributed by atoms with E-state index in [2.05, 4.69) is 20.3 Å². The Morgan fingerprint density at radius 1 is 0.786 bits per heavy atom. The van der Waals surface area contributed by atoms with Crippen LogP contribution in [0.25, 0.3) is 22.0 Å². The molecule has 2 heterocycles. The van der Waals surface area contributed by atoms with Crippen LogP contribution < -0.4 is 5.32 Å². The smallest absolute Gasteiger partial charge is 0.149 e. The molecule has 0 aliphatic heterocycles. The highest BCUT2D eigenvalue weighted by Gasteiger charge is 2.09. The maximum absolute atomic E-state index is 13.8. The third-order valence-corrected chi connectivity index (χ3v) is 4.12. The fraction of sp³-hybridized carbons (Fsp3) is 0.0500. The van der Waals surface area contributed by atoms with Gasteiger partial charge in [0, 0.05) is 11.5 Å². The lowest BCUT2D eigenvalue weighted by molar-refractivity contribution is 0.560. The van der Waals surface area contributed by atoms with Crippen LogP contribution in [0.15, 0.2) is 61.1 Å². The van der Waals surface area contributed by atoms with E-state index < -0.39 is 11.6 Å². The highest BCUT2D eigenvalue weighted by atomic mass is 35.5. The Morgan fingerprint density at radius 3 is 2.29 bits per heavy atom. The first-order valence-corrected chi connectivity index (χ1v) is 8.14. The van der Waals surface area contributed by atoms with Gasteiger partial charge in [-0.15, -0.1) is 12.4 Å². The lowest BCUT2D eigenvalue weighted by Gasteiger charge is -2.10. The van der Waals surface area contributed by atoms with Crippen LogP contribution in [0.1, 0.15) is 5.69 Å². The quantitative estimate of drug-likeness (QED) is 0.513. The van der Waals surface area contributed by atoms with E-state index in [0.717, 1.165) is 28.8 Å². The van der Waals surface area contributed by atoms with Crippen molar-refractivity contribution in [1.82, 2.24) is 15.0 Å². The summed E-state index contributed by atoms with van der Waals surface area (Å²) in [5.74, 6) is -1.27. The monoisotopic (exact) mass is 402 g/mol. The van der Waals surface area contributed by atoms with Gasteiger partial charge in [0.25, 0.3) is 0 Å². The molecule has 0 saturated heterocycles. The van der Waals surface area contributed by atoms with Crippen LogP contribution in [0.5, 0.6) is 0 Å². The van der Waals surface area contributed by atoms with Crippen LogP contribution in [0.4, 0.5) is 19.0 Å². The molecule has 142 valence electrons. The Morgan fingerprint density at radius 2 is 1.54 bits per heavy atom. The summed E-state index contributed by atoms with van der Waals surface area (Å²) >= 11 is 0. The second-order valence-electron chi connectivity index (χ2n) is 5.90. The molecule has 28 heavy (non-hydrogen) atoms. The van der Waals surface area contributed by atoms with E-state index in [1.54, 1.807) is 12.1 Å². The van der Waals surface area contributed by atoms with Crippen LogP contribution in [-0.4, -0.2) is 15.0 Å². The molecular formula is C20H14ClF3N4. The Kier molecular flexibility index (Phi) is 5.75. The van der Waals surface area contributed by atoms with Gasteiger partial charge in [-0.3, -0.25) is 4.98 Å². The zero-order valence-electron chi connectivity index (χ0n) is 14.4. The molecule has 0 aliphatic carbocycles. The summed E-state index contributed by atoms with van der Waals surface area (Å²) in [5.41, 5.74) is 2.49. The third-order valence-electron chi connectivity index (χ3n) is 4.12. The standard InChI is InChI=1S/C20H13F3N4.ClH/c21-14-4-1-12(2-5-14)13-3-6-18-16(7-13)20(27-11-26-18)25-10-19-17(23)8-15(22)9-24-19;/h1-9,11H,10H2,(H,25,26,27);1H. The van der Waals surface area contributed by atoms with Gasteiger partial charge in [0.2, 0.25) is 0 Å². The van der Waals surface area contributed by atoms with E-state index in [9.17, 15) is 13.2 Å². The van der Waals surface area contributed by atoms with Crippen LogP contribution in [0.3, 0.4) is 0 Å². The Bertz CT molecular complexity index is 1120. The van der Waals surface area contributed by atoms with E-state index in [1.165, 1.54) is 18.5 Å². The van der Waals surface area contributed by atoms with Crippen molar-refractivity contribution in [2.24, 2.45) is 0 Å². The zero-order chi connectivity index (χ0) is 18.8. The number of hydrogen-bond acceptors (Lipinski definition) is 4. The number of aromatic nitrogens is 3. The van der Waals surface area contributed by atoms with E-state index in [1.807, 2.05) is 18.2 Å². The molecule has 0 saturated carbocycles. The average molecular weight is 403 g/mol. The number of benzene rings is 2. The molecule has 0 unspecified atom stereocenters. The predicted molar refractivity (Wildman–Crippen MR) is 104 cm³/mol. The summed E-state index contributed by atoms with van der Waals surface area (Å²) in [7, 11) is 0. The number of anilines is 1. The SMILES string of the molecule is Cl.Fc1ccc(-c2ccc3ncnc(NCc4ncc(F)cc4F)c3c2)cc1. The maximum Gasteiger partial charge on any atom is 0.149 e. The molecule has 0 atom stereocenters. The highest BCUT2D eigenvalue weighted by Crippen LogP contribution is 2.27. The van der Waals surface area contributed by atoms with Gasteiger partial charge in [-0.25, -0.2) is 23.1 Å². The summed E-state index contributed by atoms with van der Waals surface area (Å²) < 4.78 is 39.9. The van der Waals surface area contributed by atoms with Crippen molar-refractivity contribution in [2.75, 3.05) is 5.32 Å². The number of halogens is 4. The highest BCUT2D eigenvalue weighted by molar-refractivity contribution is 5.92. The first-order chi connectivity index (χ1) is 13.1. The van der Waals surface area contributed by atoms with Crippen molar-refractivity contribution in [3.63, 3.8) is 0 Å². The zero-order valence-corrected chi connectivity index (χ0v) is 15.2. The van der Waals surface area contributed by atoms with Gasteiger partial charge < -0.3 is 5.32 Å². The van der Waals surface area contributed by atoms with Crippen molar-refractivity contribution in [3.05, 3.63) is 84.2 Å². The van der Waals surface area contributed by atoms with Crippen molar-refractivity contribution in [1.29, 1.82) is 0 Å². The van der Waals surface area contributed by atoms with Crippen LogP contribution in [-0.2, 0) is 6.54 Å². The second kappa shape index (κ2) is 8.22. The van der Waals surface area contributed by atoms with Gasteiger partial charge in [-0.2, -0.15) is 0 Å². The molecule has 1 N–H and O–H groups in total. The lowest BCUT2D eigenvalue weighted by Crippen LogP contribution is -2.06. The van der Waals surface area contributed by atoms with Crippen LogP contribution >= 0.6 is 12.4 Å². The average Bonchev–Trinajstić information content (AvgIpc) is 2.67. The van der Waals surface area contributed by atoms with E-state index in [4.69, 9.17) is 0 Å². The molecule has 0 aliphatic rings. The summed E-state index contributed by atoms with van der Waals surface area (Å²) in [5, 5.41) is 3.74. The topological polar surface area (TPSA) is 50.7 Å². The molecule has 0 amide bonds. The normalized spacial score (nSPS) is 10.5. The molecule has 0 radical (unpaired) electrons. The minimum atomic E-state index is -0.729. The van der Waals surface area contributed by atoms with E-state index in [0.29, 0.717) is 11.3 Å². The van der Waals surface area contributed by atoms with Crippen molar-refractivity contribution >= 4 is 29.1 Å². The Balaban J connectivity index is 0.00000225. The number of rotatable bonds is 4. The van der Waals surface area contributed by atoms with Gasteiger partial charge in [0.1, 0.15) is 29.6 Å². The molecule has 4 nitrogen and oxygen atoms in total. The van der Waals surface area contributed by atoms with Crippen LogP contribution in [0.2, 0.25) is 0 Å². The fourth-order valence-electron chi connectivity index (χ4n) is 2.76. The first kappa shape index (κ1) is 19.6. The van der Waals surface area contributed by atoms with Crippen molar-refractivity contribution in [3.8, 4) is 11.1 Å². The fourth-order valence-corrected chi connectivity index (χ4v) is 2.76. The molecule has 2 aromatic carbocycles. The Hall–Kier alpha value is -3.19. The summed E-state index contributed by atoms with van der Waals surface area (Å²) in [6, 6.07) is 12.5. The molecule has 4 rings (SSSR count). The molecular weight excluding hydrogens is 389 g/mol. The van der Waals surface area contributed by atoms with Gasteiger partial charge in [0.15, 0.2) is 0 Å². The number of nitrogens with one attached hydrogen (secondary N) is 1. The Labute approximate surface area is 164 Å². The van der Waals surface area contributed by atoms with E-state index >= 15 is 0 Å². The number of hydrogen-bond donors (Lipinski definition) is 1. The van der Waals surface area contributed by atoms with Crippen LogP contribution in [0, 0.1) is 17.5 Å². The van der Waals surface area contributed by atoms with Gasteiger partial charge >= 0.3 is 0 Å². The molecule has 0 bridgehead atoms. The van der Waals surface area contributed by atoms with Crippen molar-refractivity contribution in [2.45, 2.75) is 6.54 Å². The minimum Gasteiger partial charge on any atom is -0.364 e. The number of nitrogens with zero attached hydrogens (tertiary/aromatic N) is 3. The second-order valence-corrected chi connectivity index (χ2v) is 5.90.